The van der Waals surface area contributed by atoms with E-state index < -0.39 is 29.4 Å². The van der Waals surface area contributed by atoms with Crippen LogP contribution in [-0.2, 0) is 17.1 Å². The molecule has 2 aromatic rings. The zero-order valence-electron chi connectivity index (χ0n) is 15.4. The summed E-state index contributed by atoms with van der Waals surface area (Å²) in [4.78, 5) is 18.0. The van der Waals surface area contributed by atoms with Crippen LogP contribution >= 0.6 is 24.0 Å². The predicted molar refractivity (Wildman–Crippen MR) is 109 cm³/mol. The van der Waals surface area contributed by atoms with Crippen LogP contribution in [0.1, 0.15) is 16.8 Å². The molecule has 0 saturated carbocycles. The Kier molecular flexibility index (Phi) is 6.44. The summed E-state index contributed by atoms with van der Waals surface area (Å²) < 4.78 is 79.0. The molecule has 0 atom stereocenters. The number of hydrogen-bond acceptors (Lipinski definition) is 5. The van der Waals surface area contributed by atoms with E-state index in [2.05, 4.69) is 4.98 Å². The third-order valence-electron chi connectivity index (χ3n) is 4.16. The van der Waals surface area contributed by atoms with Crippen molar-refractivity contribution in [2.75, 3.05) is 13.1 Å². The first kappa shape index (κ1) is 23.2. The second-order valence-corrected chi connectivity index (χ2v) is 8.04. The fraction of sp³-hybridized carbons (Fsp3) is 0.211. The molecular formula is C19H13F6N3OS2. The van der Waals surface area contributed by atoms with E-state index in [9.17, 15) is 31.1 Å². The highest BCUT2D eigenvalue weighted by Crippen LogP contribution is 2.38. The second kappa shape index (κ2) is 8.60. The van der Waals surface area contributed by atoms with Gasteiger partial charge in [0.05, 0.1) is 27.4 Å². The van der Waals surface area contributed by atoms with Crippen molar-refractivity contribution in [3.63, 3.8) is 0 Å². The number of nitrogens with two attached hydrogens (primary N) is 1. The van der Waals surface area contributed by atoms with E-state index in [-0.39, 0.29) is 41.0 Å². The molecule has 31 heavy (non-hydrogen) atoms. The molecule has 0 bridgehead atoms. The molecule has 1 aliphatic heterocycles. The summed E-state index contributed by atoms with van der Waals surface area (Å²) in [6.45, 7) is 0.421. The summed E-state index contributed by atoms with van der Waals surface area (Å²) in [5.74, 6) is -0.397. The molecule has 3 rings (SSSR count). The number of benzene rings is 1. The van der Waals surface area contributed by atoms with E-state index in [1.807, 2.05) is 0 Å². The van der Waals surface area contributed by atoms with Crippen LogP contribution in [0.2, 0.25) is 0 Å². The number of carbonyl (C=O) groups is 1. The van der Waals surface area contributed by atoms with Crippen LogP contribution in [0.4, 0.5) is 26.3 Å². The third-order valence-corrected chi connectivity index (χ3v) is 5.54. The van der Waals surface area contributed by atoms with Gasteiger partial charge in [0, 0.05) is 18.7 Å². The second-order valence-electron chi connectivity index (χ2n) is 6.36. The zero-order chi connectivity index (χ0) is 23.0. The Labute approximate surface area is 182 Å². The van der Waals surface area contributed by atoms with Gasteiger partial charge in [-0.15, -0.1) is 0 Å². The minimum atomic E-state index is -4.97. The Balaban J connectivity index is 2.03. The molecule has 1 saturated heterocycles. The summed E-state index contributed by atoms with van der Waals surface area (Å²) in [6.07, 6.45) is -8.56. The number of pyridine rings is 1. The van der Waals surface area contributed by atoms with Crippen LogP contribution in [0, 0.1) is 0 Å². The van der Waals surface area contributed by atoms with Crippen molar-refractivity contribution in [2.45, 2.75) is 12.4 Å². The number of carbonyl (C=O) groups excluding carboxylic acids is 1. The van der Waals surface area contributed by atoms with Crippen molar-refractivity contribution in [1.29, 1.82) is 0 Å². The van der Waals surface area contributed by atoms with Crippen molar-refractivity contribution in [3.05, 3.63) is 58.1 Å². The minimum Gasteiger partial charge on any atom is -0.329 e. The minimum absolute atomic E-state index is 0.0517. The summed E-state index contributed by atoms with van der Waals surface area (Å²) in [7, 11) is 0. The van der Waals surface area contributed by atoms with Gasteiger partial charge in [-0.3, -0.25) is 9.69 Å². The Morgan fingerprint density at radius 2 is 1.68 bits per heavy atom. The summed E-state index contributed by atoms with van der Waals surface area (Å²) >= 11 is 6.12. The van der Waals surface area contributed by atoms with Crippen molar-refractivity contribution in [2.24, 2.45) is 5.73 Å². The molecule has 1 amide bonds. The maximum absolute atomic E-state index is 13.1. The van der Waals surface area contributed by atoms with Crippen molar-refractivity contribution in [3.8, 4) is 11.3 Å². The van der Waals surface area contributed by atoms with Gasteiger partial charge >= 0.3 is 12.4 Å². The Morgan fingerprint density at radius 3 is 2.23 bits per heavy atom. The molecule has 4 nitrogen and oxygen atoms in total. The lowest BCUT2D eigenvalue weighted by atomic mass is 10.0. The first-order valence-electron chi connectivity index (χ1n) is 8.62. The van der Waals surface area contributed by atoms with Gasteiger partial charge in [0.15, 0.2) is 0 Å². The molecule has 1 aliphatic rings. The van der Waals surface area contributed by atoms with Crippen molar-refractivity contribution >= 4 is 40.3 Å². The maximum Gasteiger partial charge on any atom is 0.416 e. The Bertz CT molecular complexity index is 1030. The number of alkyl halides is 6. The number of thioether (sulfide) groups is 1. The summed E-state index contributed by atoms with van der Waals surface area (Å²) in [5, 5.41) is 0. The van der Waals surface area contributed by atoms with E-state index in [4.69, 9.17) is 18.0 Å². The average Bonchev–Trinajstić information content (AvgIpc) is 2.94. The standard InChI is InChI=1S/C19H13F6N3OS2/c20-18(21,22)11-6-10(7-12(8-11)19(23,24)25)14-3-1-2-13(27-14)9-15-16(29)28(5-4-26)17(30)31-15/h1-3,6-9H,4-5,26H2. The van der Waals surface area contributed by atoms with Gasteiger partial charge < -0.3 is 5.73 Å². The number of hydrogen-bond donors (Lipinski definition) is 1. The fourth-order valence-corrected chi connectivity index (χ4v) is 4.04. The van der Waals surface area contributed by atoms with Gasteiger partial charge in [0.2, 0.25) is 0 Å². The van der Waals surface area contributed by atoms with Crippen LogP contribution < -0.4 is 5.73 Å². The third kappa shape index (κ3) is 5.25. The number of halogens is 6. The molecule has 1 aromatic heterocycles. The van der Waals surface area contributed by atoms with Gasteiger partial charge in [-0.2, -0.15) is 26.3 Å². The average molecular weight is 477 g/mol. The van der Waals surface area contributed by atoms with Crippen LogP contribution in [0.5, 0.6) is 0 Å². The molecule has 1 aromatic carbocycles. The Hall–Kier alpha value is -2.44. The van der Waals surface area contributed by atoms with Gasteiger partial charge in [-0.05, 0) is 36.4 Å². The lowest BCUT2D eigenvalue weighted by Crippen LogP contribution is -2.32. The highest BCUT2D eigenvalue weighted by molar-refractivity contribution is 8.26. The molecular weight excluding hydrogens is 464 g/mol. The van der Waals surface area contributed by atoms with Gasteiger partial charge in [0.25, 0.3) is 5.91 Å². The SMILES string of the molecule is NCCN1C(=O)C(=Cc2cccc(-c3cc(C(F)(F)F)cc(C(F)(F)F)c3)n2)SC1=S. The summed E-state index contributed by atoms with van der Waals surface area (Å²) in [5.41, 5.74) is 2.29. The van der Waals surface area contributed by atoms with E-state index in [1.54, 1.807) is 0 Å². The number of rotatable bonds is 4. The molecule has 0 aliphatic carbocycles. The molecule has 2 N–H and O–H groups in total. The molecule has 0 spiro atoms. The first-order valence-corrected chi connectivity index (χ1v) is 9.85. The fourth-order valence-electron chi connectivity index (χ4n) is 2.75. The largest absolute Gasteiger partial charge is 0.416 e. The number of thiocarbonyl (C=S) groups is 1. The highest BCUT2D eigenvalue weighted by Gasteiger charge is 2.37. The highest BCUT2D eigenvalue weighted by atomic mass is 32.2. The molecule has 0 unspecified atom stereocenters. The van der Waals surface area contributed by atoms with Gasteiger partial charge in [0.1, 0.15) is 4.32 Å². The van der Waals surface area contributed by atoms with Crippen LogP contribution in [0.25, 0.3) is 17.3 Å². The smallest absolute Gasteiger partial charge is 0.329 e. The monoisotopic (exact) mass is 477 g/mol. The lowest BCUT2D eigenvalue weighted by molar-refractivity contribution is -0.143. The number of nitrogens with zero attached hydrogens (tertiary/aromatic N) is 2. The molecule has 1 fully saturated rings. The van der Waals surface area contributed by atoms with Crippen LogP contribution in [0.15, 0.2) is 41.3 Å². The maximum atomic E-state index is 13.1. The molecule has 2 heterocycles. The van der Waals surface area contributed by atoms with Gasteiger partial charge in [-0.1, -0.05) is 30.0 Å². The van der Waals surface area contributed by atoms with Crippen molar-refractivity contribution in [1.82, 2.24) is 9.88 Å². The van der Waals surface area contributed by atoms with E-state index in [0.717, 1.165) is 11.8 Å². The number of amides is 1. The van der Waals surface area contributed by atoms with E-state index >= 15 is 0 Å². The zero-order valence-corrected chi connectivity index (χ0v) is 17.1. The molecule has 0 radical (unpaired) electrons. The predicted octanol–water partition coefficient (Wildman–Crippen LogP) is 4.95. The quantitative estimate of drug-likeness (QED) is 0.384. The molecule has 12 heteroatoms. The number of aromatic nitrogens is 1. The van der Waals surface area contributed by atoms with E-state index in [0.29, 0.717) is 16.5 Å². The van der Waals surface area contributed by atoms with Gasteiger partial charge in [-0.25, -0.2) is 4.98 Å². The van der Waals surface area contributed by atoms with Crippen molar-refractivity contribution < 1.29 is 31.1 Å². The Morgan fingerprint density at radius 1 is 1.06 bits per heavy atom. The normalized spacial score (nSPS) is 16.5. The summed E-state index contributed by atoms with van der Waals surface area (Å²) in [6, 6.07) is 5.42. The lowest BCUT2D eigenvalue weighted by Gasteiger charge is -2.14. The van der Waals surface area contributed by atoms with Crippen LogP contribution in [-0.4, -0.2) is 33.2 Å². The van der Waals surface area contributed by atoms with E-state index in [1.165, 1.54) is 29.2 Å². The molecule has 164 valence electrons. The topological polar surface area (TPSA) is 59.2 Å². The van der Waals surface area contributed by atoms with Crippen LogP contribution in [0.3, 0.4) is 0 Å². The first-order chi connectivity index (χ1) is 14.4.